The third-order valence-electron chi connectivity index (χ3n) is 1.96. The summed E-state index contributed by atoms with van der Waals surface area (Å²) >= 11 is 0. The molecule has 0 aliphatic rings. The molecular weight excluding hydrogens is 110 g/mol. The lowest BCUT2D eigenvalue weighted by Crippen LogP contribution is -2.03. The van der Waals surface area contributed by atoms with Gasteiger partial charge < -0.3 is 5.73 Å². The van der Waals surface area contributed by atoms with Gasteiger partial charge in [-0.25, -0.2) is 0 Å². The van der Waals surface area contributed by atoms with E-state index in [2.05, 4.69) is 20.8 Å². The van der Waals surface area contributed by atoms with Gasteiger partial charge in [0.2, 0.25) is 0 Å². The molecule has 0 saturated heterocycles. The molecule has 0 aliphatic heterocycles. The van der Waals surface area contributed by atoms with Gasteiger partial charge in [-0.1, -0.05) is 33.3 Å². The second-order valence-electron chi connectivity index (χ2n) is 2.63. The quantitative estimate of drug-likeness (QED) is 0.617. The van der Waals surface area contributed by atoms with Gasteiger partial charge in [0.05, 0.1) is 0 Å². The van der Waals surface area contributed by atoms with Gasteiger partial charge in [-0.15, -0.1) is 0 Å². The summed E-state index contributed by atoms with van der Waals surface area (Å²) in [6.07, 6.45) is 4.91. The van der Waals surface area contributed by atoms with Gasteiger partial charge in [-0.05, 0) is 18.0 Å². The molecule has 0 aromatic carbocycles. The molecule has 0 spiro atoms. The smallest absolute Gasteiger partial charge is 0.0100 e. The fourth-order valence-electron chi connectivity index (χ4n) is 0.737. The van der Waals surface area contributed by atoms with Gasteiger partial charge in [0.15, 0.2) is 0 Å². The van der Waals surface area contributed by atoms with Gasteiger partial charge in [0.1, 0.15) is 0 Å². The maximum atomic E-state index is 5.24. The van der Waals surface area contributed by atoms with Crippen molar-refractivity contribution in [3.8, 4) is 0 Å². The number of hydrogen-bond donors (Lipinski definition) is 1. The van der Waals surface area contributed by atoms with Crippen LogP contribution in [0.1, 0.15) is 27.2 Å². The van der Waals surface area contributed by atoms with E-state index in [1.54, 1.807) is 6.20 Å². The molecule has 2 N–H and O–H groups in total. The molecule has 1 heteroatoms. The topological polar surface area (TPSA) is 26.0 Å². The van der Waals surface area contributed by atoms with Crippen molar-refractivity contribution >= 4 is 0 Å². The fraction of sp³-hybridized carbons (Fsp3) is 0.750. The first kappa shape index (κ1) is 8.54. The van der Waals surface area contributed by atoms with Crippen molar-refractivity contribution in [2.24, 2.45) is 17.6 Å². The highest BCUT2D eigenvalue weighted by molar-refractivity contribution is 4.84. The van der Waals surface area contributed by atoms with Crippen molar-refractivity contribution in [2.45, 2.75) is 27.2 Å². The SMILES string of the molecule is CC[C@H](C)[C@H](C)/C=C\N. The summed E-state index contributed by atoms with van der Waals surface area (Å²) in [7, 11) is 0. The van der Waals surface area contributed by atoms with Gasteiger partial charge in [-0.2, -0.15) is 0 Å². The van der Waals surface area contributed by atoms with Crippen molar-refractivity contribution < 1.29 is 0 Å². The predicted octanol–water partition coefficient (Wildman–Crippen LogP) is 2.14. The van der Waals surface area contributed by atoms with Gasteiger partial charge >= 0.3 is 0 Å². The van der Waals surface area contributed by atoms with Crippen molar-refractivity contribution in [2.75, 3.05) is 0 Å². The van der Waals surface area contributed by atoms with Crippen molar-refractivity contribution in [3.05, 3.63) is 12.3 Å². The van der Waals surface area contributed by atoms with E-state index in [4.69, 9.17) is 5.73 Å². The highest BCUT2D eigenvalue weighted by Gasteiger charge is 2.04. The molecule has 0 aliphatic carbocycles. The minimum absolute atomic E-state index is 0.625. The van der Waals surface area contributed by atoms with E-state index in [0.717, 1.165) is 5.92 Å². The second-order valence-corrected chi connectivity index (χ2v) is 2.63. The third kappa shape index (κ3) is 3.17. The van der Waals surface area contributed by atoms with Crippen molar-refractivity contribution in [3.63, 3.8) is 0 Å². The Labute approximate surface area is 57.9 Å². The van der Waals surface area contributed by atoms with Crippen molar-refractivity contribution in [1.29, 1.82) is 0 Å². The molecule has 9 heavy (non-hydrogen) atoms. The highest BCUT2D eigenvalue weighted by atomic mass is 14.5. The molecule has 0 radical (unpaired) electrons. The van der Waals surface area contributed by atoms with Crippen LogP contribution in [0, 0.1) is 11.8 Å². The number of nitrogens with two attached hydrogens (primary N) is 1. The minimum atomic E-state index is 0.625. The second kappa shape index (κ2) is 4.42. The van der Waals surface area contributed by atoms with Gasteiger partial charge in [-0.3, -0.25) is 0 Å². The number of allylic oxidation sites excluding steroid dienone is 1. The molecule has 54 valence electrons. The maximum Gasteiger partial charge on any atom is -0.0100 e. The van der Waals surface area contributed by atoms with Gasteiger partial charge in [0.25, 0.3) is 0 Å². The molecule has 1 nitrogen and oxygen atoms in total. The van der Waals surface area contributed by atoms with E-state index in [1.807, 2.05) is 6.08 Å². The zero-order valence-corrected chi connectivity index (χ0v) is 6.59. The van der Waals surface area contributed by atoms with E-state index in [-0.39, 0.29) is 0 Å². The zero-order chi connectivity index (χ0) is 7.28. The van der Waals surface area contributed by atoms with Crippen LogP contribution in [0.2, 0.25) is 0 Å². The van der Waals surface area contributed by atoms with Crippen LogP contribution in [0.15, 0.2) is 12.3 Å². The van der Waals surface area contributed by atoms with Crippen LogP contribution >= 0.6 is 0 Å². The van der Waals surface area contributed by atoms with E-state index in [9.17, 15) is 0 Å². The third-order valence-corrected chi connectivity index (χ3v) is 1.96. The fourth-order valence-corrected chi connectivity index (χ4v) is 0.737. The molecule has 0 aromatic heterocycles. The van der Waals surface area contributed by atoms with Crippen LogP contribution < -0.4 is 5.73 Å². The molecule has 0 aromatic rings. The molecule has 0 bridgehead atoms. The maximum absolute atomic E-state index is 5.24. The zero-order valence-electron chi connectivity index (χ0n) is 6.59. The van der Waals surface area contributed by atoms with Crippen LogP contribution in [0.5, 0.6) is 0 Å². The molecule has 0 amide bonds. The number of hydrogen-bond acceptors (Lipinski definition) is 1. The molecule has 0 fully saturated rings. The normalized spacial score (nSPS) is 18.1. The predicted molar refractivity (Wildman–Crippen MR) is 41.9 cm³/mol. The first-order valence-corrected chi connectivity index (χ1v) is 3.60. The molecular formula is C8H17N. The van der Waals surface area contributed by atoms with E-state index in [1.165, 1.54) is 6.42 Å². The minimum Gasteiger partial charge on any atom is -0.405 e. The van der Waals surface area contributed by atoms with Gasteiger partial charge in [0, 0.05) is 0 Å². The Morgan fingerprint density at radius 3 is 2.33 bits per heavy atom. The van der Waals surface area contributed by atoms with E-state index < -0.39 is 0 Å². The molecule has 0 unspecified atom stereocenters. The van der Waals surface area contributed by atoms with E-state index in [0.29, 0.717) is 5.92 Å². The average Bonchev–Trinajstić information content (AvgIpc) is 1.87. The largest absolute Gasteiger partial charge is 0.405 e. The van der Waals surface area contributed by atoms with Crippen LogP contribution in [-0.2, 0) is 0 Å². The highest BCUT2D eigenvalue weighted by Crippen LogP contribution is 2.14. The lowest BCUT2D eigenvalue weighted by molar-refractivity contribution is 0.446. The summed E-state index contributed by atoms with van der Waals surface area (Å²) in [5.41, 5.74) is 5.24. The van der Waals surface area contributed by atoms with E-state index >= 15 is 0 Å². The summed E-state index contributed by atoms with van der Waals surface area (Å²) < 4.78 is 0. The first-order chi connectivity index (χ1) is 4.22. The van der Waals surface area contributed by atoms with Crippen LogP contribution in [-0.4, -0.2) is 0 Å². The standard InChI is InChI=1S/C8H17N/c1-4-7(2)8(3)5-6-9/h5-8H,4,9H2,1-3H3/b6-5-/t7-,8+/m0/s1. The monoisotopic (exact) mass is 127 g/mol. The van der Waals surface area contributed by atoms with Crippen LogP contribution in [0.3, 0.4) is 0 Å². The summed E-state index contributed by atoms with van der Waals surface area (Å²) in [4.78, 5) is 0. The first-order valence-electron chi connectivity index (χ1n) is 3.60. The Morgan fingerprint density at radius 1 is 1.44 bits per heavy atom. The molecule has 0 heterocycles. The summed E-state index contributed by atoms with van der Waals surface area (Å²) in [6.45, 7) is 6.63. The Bertz CT molecular complexity index is 86.6. The average molecular weight is 127 g/mol. The lowest BCUT2D eigenvalue weighted by atomic mass is 9.94. The molecule has 2 atom stereocenters. The Balaban J connectivity index is 3.58. The molecule has 0 rings (SSSR count). The summed E-state index contributed by atoms with van der Waals surface area (Å²) in [5.74, 6) is 1.38. The summed E-state index contributed by atoms with van der Waals surface area (Å²) in [5, 5.41) is 0. The number of rotatable bonds is 3. The lowest BCUT2D eigenvalue weighted by Gasteiger charge is -2.12. The van der Waals surface area contributed by atoms with Crippen molar-refractivity contribution in [1.82, 2.24) is 0 Å². The van der Waals surface area contributed by atoms with Crippen LogP contribution in [0.25, 0.3) is 0 Å². The van der Waals surface area contributed by atoms with Crippen LogP contribution in [0.4, 0.5) is 0 Å². The Morgan fingerprint density at radius 2 is 2.00 bits per heavy atom. The molecule has 0 saturated carbocycles. The summed E-state index contributed by atoms with van der Waals surface area (Å²) in [6, 6.07) is 0. The Kier molecular flexibility index (Phi) is 4.20. The Hall–Kier alpha value is -0.460.